The second-order valence-corrected chi connectivity index (χ2v) is 11.6. The first-order chi connectivity index (χ1) is 17.5. The van der Waals surface area contributed by atoms with Crippen molar-refractivity contribution in [3.8, 4) is 5.75 Å². The first kappa shape index (κ1) is 23.3. The van der Waals surface area contributed by atoms with E-state index in [4.69, 9.17) is 4.74 Å². The number of thiazole rings is 1. The molecule has 0 bridgehead atoms. The summed E-state index contributed by atoms with van der Waals surface area (Å²) >= 11 is 5.92. The highest BCUT2D eigenvalue weighted by Crippen LogP contribution is 2.54. The number of fused-ring (bicyclic) bond motifs is 2. The molecule has 2 aliphatic rings. The summed E-state index contributed by atoms with van der Waals surface area (Å²) in [5.41, 5.74) is 2.33. The van der Waals surface area contributed by atoms with E-state index >= 15 is 0 Å². The van der Waals surface area contributed by atoms with E-state index in [1.165, 1.54) is 16.7 Å². The van der Waals surface area contributed by atoms with E-state index in [1.54, 1.807) is 24.3 Å². The van der Waals surface area contributed by atoms with Gasteiger partial charge in [-0.25, -0.2) is 4.90 Å². The van der Waals surface area contributed by atoms with Gasteiger partial charge < -0.3 is 9.72 Å². The summed E-state index contributed by atoms with van der Waals surface area (Å²) in [4.78, 5) is 44.5. The molecular weight excluding hydrogens is 560 g/mol. The molecule has 180 valence electrons. The summed E-state index contributed by atoms with van der Waals surface area (Å²) in [7, 11) is 0. The largest absolute Gasteiger partial charge is 0.489 e. The SMILES string of the molecule is O=C1C2Sc3[nH]c(=O)sc3C(c3cc(Br)ccc3OCc3ccccc3)C2C(=O)N1c1ccccc1. The molecule has 0 aliphatic carbocycles. The molecule has 3 unspecified atom stereocenters. The first-order valence-corrected chi connectivity index (χ1v) is 13.8. The average molecular weight is 579 g/mol. The molecule has 0 radical (unpaired) electrons. The summed E-state index contributed by atoms with van der Waals surface area (Å²) in [5.74, 6) is -1.11. The first-order valence-electron chi connectivity index (χ1n) is 11.3. The van der Waals surface area contributed by atoms with Crippen LogP contribution in [0.2, 0.25) is 0 Å². The molecule has 1 fully saturated rings. The van der Waals surface area contributed by atoms with E-state index in [2.05, 4.69) is 20.9 Å². The number of halogens is 1. The zero-order valence-electron chi connectivity index (χ0n) is 18.7. The highest BCUT2D eigenvalue weighted by Gasteiger charge is 2.56. The number of aromatic nitrogens is 1. The summed E-state index contributed by atoms with van der Waals surface area (Å²) < 4.78 is 7.07. The van der Waals surface area contributed by atoms with Gasteiger partial charge in [-0.1, -0.05) is 87.6 Å². The van der Waals surface area contributed by atoms with Crippen LogP contribution in [-0.4, -0.2) is 22.0 Å². The van der Waals surface area contributed by atoms with Crippen molar-refractivity contribution in [1.82, 2.24) is 4.98 Å². The fourth-order valence-electron chi connectivity index (χ4n) is 4.81. The van der Waals surface area contributed by atoms with Gasteiger partial charge >= 0.3 is 4.87 Å². The lowest BCUT2D eigenvalue weighted by Crippen LogP contribution is -2.32. The van der Waals surface area contributed by atoms with Crippen molar-refractivity contribution in [3.05, 3.63) is 109 Å². The van der Waals surface area contributed by atoms with E-state index in [0.717, 1.165) is 31.8 Å². The van der Waals surface area contributed by atoms with Crippen molar-refractivity contribution in [1.29, 1.82) is 0 Å². The number of para-hydroxylation sites is 1. The van der Waals surface area contributed by atoms with Gasteiger partial charge in [-0.3, -0.25) is 14.4 Å². The quantitative estimate of drug-likeness (QED) is 0.313. The lowest BCUT2D eigenvalue weighted by molar-refractivity contribution is -0.122. The molecule has 3 atom stereocenters. The van der Waals surface area contributed by atoms with Gasteiger partial charge in [0.25, 0.3) is 0 Å². The Morgan fingerprint density at radius 2 is 1.64 bits per heavy atom. The molecule has 2 amide bonds. The molecule has 1 saturated heterocycles. The third-order valence-corrected chi connectivity index (χ3v) is 9.28. The lowest BCUT2D eigenvalue weighted by Gasteiger charge is -2.31. The molecule has 3 aromatic carbocycles. The second-order valence-electron chi connectivity index (χ2n) is 8.55. The third-order valence-electron chi connectivity index (χ3n) is 6.38. The monoisotopic (exact) mass is 578 g/mol. The average Bonchev–Trinajstić information content (AvgIpc) is 3.38. The molecule has 0 spiro atoms. The zero-order chi connectivity index (χ0) is 24.8. The van der Waals surface area contributed by atoms with Crippen molar-refractivity contribution in [2.75, 3.05) is 4.90 Å². The highest BCUT2D eigenvalue weighted by molar-refractivity contribution is 9.10. The normalized spacial score (nSPS) is 20.8. The topological polar surface area (TPSA) is 79.5 Å². The van der Waals surface area contributed by atoms with E-state index in [-0.39, 0.29) is 16.7 Å². The number of nitrogens with one attached hydrogen (secondary N) is 1. The molecule has 9 heteroatoms. The van der Waals surface area contributed by atoms with Crippen LogP contribution in [0.15, 0.2) is 93.2 Å². The molecule has 1 aromatic heterocycles. The maximum atomic E-state index is 13.9. The van der Waals surface area contributed by atoms with Gasteiger partial charge in [0.05, 0.1) is 16.6 Å². The maximum Gasteiger partial charge on any atom is 0.305 e. The minimum atomic E-state index is -0.671. The number of ether oxygens (including phenoxy) is 1. The van der Waals surface area contributed by atoms with Crippen LogP contribution in [0, 0.1) is 5.92 Å². The van der Waals surface area contributed by atoms with Crippen LogP contribution in [0.5, 0.6) is 5.75 Å². The van der Waals surface area contributed by atoms with Gasteiger partial charge in [0.2, 0.25) is 11.8 Å². The highest BCUT2D eigenvalue weighted by atomic mass is 79.9. The van der Waals surface area contributed by atoms with E-state index in [0.29, 0.717) is 23.1 Å². The van der Waals surface area contributed by atoms with Crippen molar-refractivity contribution < 1.29 is 14.3 Å². The number of hydrogen-bond donors (Lipinski definition) is 1. The molecule has 6 nitrogen and oxygen atoms in total. The number of hydrogen-bond acceptors (Lipinski definition) is 6. The van der Waals surface area contributed by atoms with Crippen LogP contribution in [0.4, 0.5) is 5.69 Å². The predicted molar refractivity (Wildman–Crippen MR) is 144 cm³/mol. The fourth-order valence-corrected chi connectivity index (χ4v) is 7.70. The summed E-state index contributed by atoms with van der Waals surface area (Å²) in [6, 6.07) is 24.5. The number of H-pyrrole nitrogens is 1. The van der Waals surface area contributed by atoms with Gasteiger partial charge in [-0.05, 0) is 35.9 Å². The Bertz CT molecular complexity index is 1520. The van der Waals surface area contributed by atoms with Crippen molar-refractivity contribution in [2.24, 2.45) is 5.92 Å². The number of carbonyl (C=O) groups excluding carboxylic acids is 2. The number of thioether (sulfide) groups is 1. The zero-order valence-corrected chi connectivity index (χ0v) is 21.9. The molecule has 2 aliphatic heterocycles. The Labute approximate surface area is 223 Å². The molecule has 0 saturated carbocycles. The predicted octanol–water partition coefficient (Wildman–Crippen LogP) is 5.57. The smallest absolute Gasteiger partial charge is 0.305 e. The van der Waals surface area contributed by atoms with Gasteiger partial charge in [-0.15, -0.1) is 0 Å². The number of carbonyl (C=O) groups is 2. The van der Waals surface area contributed by atoms with Crippen LogP contribution in [0.25, 0.3) is 0 Å². The Morgan fingerprint density at radius 3 is 2.39 bits per heavy atom. The Morgan fingerprint density at radius 1 is 0.917 bits per heavy atom. The van der Waals surface area contributed by atoms with Crippen LogP contribution < -0.4 is 14.5 Å². The van der Waals surface area contributed by atoms with Crippen LogP contribution in [0.3, 0.4) is 0 Å². The van der Waals surface area contributed by atoms with Crippen molar-refractivity contribution >= 4 is 56.5 Å². The minimum Gasteiger partial charge on any atom is -0.489 e. The molecular formula is C27H19BrN2O4S2. The summed E-state index contributed by atoms with van der Waals surface area (Å²) in [5, 5.41) is -0.0114. The van der Waals surface area contributed by atoms with Crippen molar-refractivity contribution in [2.45, 2.75) is 22.8 Å². The number of aromatic amines is 1. The second kappa shape index (κ2) is 9.38. The summed E-state index contributed by atoms with van der Waals surface area (Å²) in [6.45, 7) is 0.351. The van der Waals surface area contributed by atoms with Gasteiger partial charge in [0.15, 0.2) is 0 Å². The van der Waals surface area contributed by atoms with Crippen molar-refractivity contribution in [3.63, 3.8) is 0 Å². The van der Waals surface area contributed by atoms with E-state index < -0.39 is 17.1 Å². The van der Waals surface area contributed by atoms with Crippen LogP contribution >= 0.6 is 39.0 Å². The van der Waals surface area contributed by atoms with E-state index in [1.807, 2.05) is 54.6 Å². The molecule has 36 heavy (non-hydrogen) atoms. The van der Waals surface area contributed by atoms with Crippen LogP contribution in [-0.2, 0) is 16.2 Å². The van der Waals surface area contributed by atoms with Gasteiger partial charge in [-0.2, -0.15) is 0 Å². The third kappa shape index (κ3) is 4.01. The standard InChI is InChI=1S/C27H19BrN2O4S2/c28-16-11-12-19(34-14-15-7-3-1-4-8-15)18(13-16)20-21-23(35-24-22(20)36-27(33)29-24)26(32)30(25(21)31)17-9-5-2-6-10-17/h1-13,20-21,23H,14H2,(H,29,33). The van der Waals surface area contributed by atoms with Gasteiger partial charge in [0, 0.05) is 20.8 Å². The van der Waals surface area contributed by atoms with Gasteiger partial charge in [0.1, 0.15) is 17.6 Å². The minimum absolute atomic E-state index is 0.209. The van der Waals surface area contributed by atoms with Crippen LogP contribution in [0.1, 0.15) is 21.9 Å². The maximum absolute atomic E-state index is 13.9. The number of anilines is 1. The molecule has 1 N–H and O–H groups in total. The Balaban J connectivity index is 1.46. The fraction of sp³-hybridized carbons (Fsp3) is 0.148. The lowest BCUT2D eigenvalue weighted by atomic mass is 9.82. The molecule has 3 heterocycles. The number of nitrogens with zero attached hydrogens (tertiary/aromatic N) is 1. The molecule has 6 rings (SSSR count). The summed E-state index contributed by atoms with van der Waals surface area (Å²) in [6.07, 6.45) is 0. The Kier molecular flexibility index (Phi) is 6.07. The Hall–Kier alpha value is -3.14. The number of amides is 2. The van der Waals surface area contributed by atoms with E-state index in [9.17, 15) is 14.4 Å². The number of imide groups is 1. The molecule has 4 aromatic rings. The number of rotatable bonds is 5. The number of benzene rings is 3.